The summed E-state index contributed by atoms with van der Waals surface area (Å²) < 4.78 is 5.22. The van der Waals surface area contributed by atoms with Gasteiger partial charge >= 0.3 is 0 Å². The highest BCUT2D eigenvalue weighted by molar-refractivity contribution is 5.29. The van der Waals surface area contributed by atoms with Crippen molar-refractivity contribution in [3.05, 3.63) is 29.8 Å². The zero-order valence-electron chi connectivity index (χ0n) is 12.7. The Morgan fingerprint density at radius 2 is 2.25 bits per heavy atom. The molecule has 1 N–H and O–H groups in total. The van der Waals surface area contributed by atoms with Crippen LogP contribution in [-0.4, -0.2) is 61.8 Å². The average molecular weight is 278 g/mol. The number of aliphatic hydroxyl groups excluding tert-OH is 1. The summed E-state index contributed by atoms with van der Waals surface area (Å²) >= 11 is 0. The van der Waals surface area contributed by atoms with Crippen molar-refractivity contribution in [3.63, 3.8) is 0 Å². The molecule has 0 aliphatic carbocycles. The highest BCUT2D eigenvalue weighted by Gasteiger charge is 2.26. The maximum absolute atomic E-state index is 10.4. The molecule has 112 valence electrons. The van der Waals surface area contributed by atoms with E-state index in [1.165, 1.54) is 12.8 Å². The summed E-state index contributed by atoms with van der Waals surface area (Å²) in [5, 5.41) is 10.4. The molecule has 2 atom stereocenters. The molecule has 2 unspecified atom stereocenters. The number of rotatable bonds is 6. The van der Waals surface area contributed by atoms with E-state index in [-0.39, 0.29) is 0 Å². The molecule has 1 heterocycles. The normalized spacial score (nSPS) is 21.4. The number of hydrogen-bond donors (Lipinski definition) is 1. The minimum absolute atomic E-state index is 0.451. The number of β-amino-alcohol motifs (C(OH)–C–C–N with tert-alkyl or cyclic N) is 1. The summed E-state index contributed by atoms with van der Waals surface area (Å²) in [6.07, 6.45) is 2.00. The van der Waals surface area contributed by atoms with Crippen molar-refractivity contribution in [1.29, 1.82) is 0 Å². The molecule has 0 aromatic heterocycles. The van der Waals surface area contributed by atoms with E-state index in [4.69, 9.17) is 4.74 Å². The number of likely N-dealkylation sites (N-methyl/N-ethyl adjacent to an activating group) is 1. The molecule has 1 aliphatic heterocycles. The van der Waals surface area contributed by atoms with Crippen LogP contribution in [0.25, 0.3) is 0 Å². The highest BCUT2D eigenvalue weighted by atomic mass is 16.5. The standard InChI is InChI=1S/C16H26N2O2/c1-17(2)11-14-7-5-9-18(14)12-16(19)13-6-4-8-15(10-13)20-3/h4,6,8,10,14,16,19H,5,7,9,11-12H2,1-3H3. The van der Waals surface area contributed by atoms with Gasteiger partial charge in [-0.15, -0.1) is 0 Å². The van der Waals surface area contributed by atoms with Crippen molar-refractivity contribution in [3.8, 4) is 5.75 Å². The average Bonchev–Trinajstić information content (AvgIpc) is 2.85. The summed E-state index contributed by atoms with van der Waals surface area (Å²) in [4.78, 5) is 4.63. The van der Waals surface area contributed by atoms with E-state index in [2.05, 4.69) is 23.9 Å². The fourth-order valence-electron chi connectivity index (χ4n) is 2.94. The van der Waals surface area contributed by atoms with Crippen LogP contribution >= 0.6 is 0 Å². The maximum atomic E-state index is 10.4. The number of nitrogens with zero attached hydrogens (tertiary/aromatic N) is 2. The largest absolute Gasteiger partial charge is 0.497 e. The zero-order valence-corrected chi connectivity index (χ0v) is 12.7. The molecule has 0 bridgehead atoms. The van der Waals surface area contributed by atoms with Gasteiger partial charge in [0.1, 0.15) is 5.75 Å². The fourth-order valence-corrected chi connectivity index (χ4v) is 2.94. The topological polar surface area (TPSA) is 35.9 Å². The van der Waals surface area contributed by atoms with Gasteiger partial charge in [-0.3, -0.25) is 4.90 Å². The molecule has 1 fully saturated rings. The van der Waals surface area contributed by atoms with Crippen molar-refractivity contribution in [2.24, 2.45) is 0 Å². The van der Waals surface area contributed by atoms with Crippen LogP contribution < -0.4 is 4.74 Å². The van der Waals surface area contributed by atoms with Crippen molar-refractivity contribution in [2.75, 3.05) is 40.8 Å². The zero-order chi connectivity index (χ0) is 14.5. The first kappa shape index (κ1) is 15.3. The molecule has 4 heteroatoms. The molecule has 1 saturated heterocycles. The molecule has 0 saturated carbocycles. The summed E-state index contributed by atoms with van der Waals surface area (Å²) in [7, 11) is 5.86. The van der Waals surface area contributed by atoms with Gasteiger partial charge in [0.15, 0.2) is 0 Å². The van der Waals surface area contributed by atoms with Crippen molar-refractivity contribution < 1.29 is 9.84 Å². The van der Waals surface area contributed by atoms with Gasteiger partial charge in [0, 0.05) is 19.1 Å². The van der Waals surface area contributed by atoms with Crippen molar-refractivity contribution >= 4 is 0 Å². The van der Waals surface area contributed by atoms with Gasteiger partial charge in [-0.1, -0.05) is 12.1 Å². The Kier molecular flexibility index (Phi) is 5.40. The molecule has 20 heavy (non-hydrogen) atoms. The second-order valence-corrected chi connectivity index (χ2v) is 5.85. The Labute approximate surface area is 122 Å². The number of ether oxygens (including phenoxy) is 1. The lowest BCUT2D eigenvalue weighted by atomic mass is 10.1. The van der Waals surface area contributed by atoms with Crippen molar-refractivity contribution in [1.82, 2.24) is 9.80 Å². The number of likely N-dealkylation sites (tertiary alicyclic amines) is 1. The lowest BCUT2D eigenvalue weighted by Crippen LogP contribution is -2.39. The van der Waals surface area contributed by atoms with Gasteiger partial charge in [-0.2, -0.15) is 0 Å². The summed E-state index contributed by atoms with van der Waals surface area (Å²) in [6, 6.07) is 8.27. The van der Waals surface area contributed by atoms with Crippen LogP contribution in [0.15, 0.2) is 24.3 Å². The molecule has 1 aromatic rings. The first-order valence-corrected chi connectivity index (χ1v) is 7.31. The second kappa shape index (κ2) is 7.07. The third-order valence-electron chi connectivity index (χ3n) is 3.96. The third-order valence-corrected chi connectivity index (χ3v) is 3.96. The Hall–Kier alpha value is -1.10. The van der Waals surface area contributed by atoms with Crippen LogP contribution in [0.1, 0.15) is 24.5 Å². The van der Waals surface area contributed by atoms with Crippen LogP contribution in [0.4, 0.5) is 0 Å². The highest BCUT2D eigenvalue weighted by Crippen LogP contribution is 2.24. The van der Waals surface area contributed by atoms with Gasteiger partial charge in [0.05, 0.1) is 13.2 Å². The van der Waals surface area contributed by atoms with E-state index in [9.17, 15) is 5.11 Å². The summed E-state index contributed by atoms with van der Waals surface area (Å²) in [5.74, 6) is 0.799. The van der Waals surface area contributed by atoms with Crippen LogP contribution in [-0.2, 0) is 0 Å². The van der Waals surface area contributed by atoms with Crippen LogP contribution in [0.2, 0.25) is 0 Å². The molecule has 1 aromatic carbocycles. The predicted molar refractivity (Wildman–Crippen MR) is 81.1 cm³/mol. The monoisotopic (exact) mass is 278 g/mol. The molecule has 0 radical (unpaired) electrons. The quantitative estimate of drug-likeness (QED) is 0.860. The predicted octanol–water partition coefficient (Wildman–Crippen LogP) is 1.75. The van der Waals surface area contributed by atoms with Gasteiger partial charge < -0.3 is 14.7 Å². The third kappa shape index (κ3) is 3.95. The van der Waals surface area contributed by atoms with Gasteiger partial charge in [-0.25, -0.2) is 0 Å². The number of hydrogen-bond acceptors (Lipinski definition) is 4. The number of benzene rings is 1. The Morgan fingerprint density at radius 1 is 1.45 bits per heavy atom. The van der Waals surface area contributed by atoms with Gasteiger partial charge in [-0.05, 0) is 51.2 Å². The Morgan fingerprint density at radius 3 is 2.95 bits per heavy atom. The van der Waals surface area contributed by atoms with E-state index < -0.39 is 6.10 Å². The molecule has 0 spiro atoms. The minimum Gasteiger partial charge on any atom is -0.497 e. The van der Waals surface area contributed by atoms with Gasteiger partial charge in [0.25, 0.3) is 0 Å². The van der Waals surface area contributed by atoms with Crippen molar-refractivity contribution in [2.45, 2.75) is 25.0 Å². The van der Waals surface area contributed by atoms with E-state index >= 15 is 0 Å². The molecule has 0 amide bonds. The first-order chi connectivity index (χ1) is 9.60. The number of aliphatic hydroxyl groups is 1. The van der Waals surface area contributed by atoms with E-state index in [1.807, 2.05) is 24.3 Å². The van der Waals surface area contributed by atoms with Crippen LogP contribution in [0.3, 0.4) is 0 Å². The van der Waals surface area contributed by atoms with E-state index in [0.717, 1.165) is 24.4 Å². The Bertz CT molecular complexity index is 423. The number of methoxy groups -OCH3 is 1. The van der Waals surface area contributed by atoms with Gasteiger partial charge in [0.2, 0.25) is 0 Å². The smallest absolute Gasteiger partial charge is 0.119 e. The SMILES string of the molecule is COc1cccc(C(O)CN2CCCC2CN(C)C)c1. The van der Waals surface area contributed by atoms with Crippen LogP contribution in [0.5, 0.6) is 5.75 Å². The molecular weight excluding hydrogens is 252 g/mol. The summed E-state index contributed by atoms with van der Waals surface area (Å²) in [5.41, 5.74) is 0.930. The minimum atomic E-state index is -0.451. The molecule has 1 aliphatic rings. The lowest BCUT2D eigenvalue weighted by Gasteiger charge is -2.29. The van der Waals surface area contributed by atoms with Crippen LogP contribution in [0, 0.1) is 0 Å². The molecular formula is C16H26N2O2. The van der Waals surface area contributed by atoms with E-state index in [1.54, 1.807) is 7.11 Å². The fraction of sp³-hybridized carbons (Fsp3) is 0.625. The molecule has 4 nitrogen and oxygen atoms in total. The lowest BCUT2D eigenvalue weighted by molar-refractivity contribution is 0.0979. The Balaban J connectivity index is 1.97. The second-order valence-electron chi connectivity index (χ2n) is 5.85. The first-order valence-electron chi connectivity index (χ1n) is 7.31. The van der Waals surface area contributed by atoms with E-state index in [0.29, 0.717) is 12.6 Å². The molecule has 2 rings (SSSR count). The maximum Gasteiger partial charge on any atom is 0.119 e. The summed E-state index contributed by atoms with van der Waals surface area (Å²) in [6.45, 7) is 2.84.